The van der Waals surface area contributed by atoms with Crippen molar-refractivity contribution in [3.8, 4) is 0 Å². The number of hydrogen-bond donors (Lipinski definition) is 1. The van der Waals surface area contributed by atoms with E-state index in [1.807, 2.05) is 0 Å². The van der Waals surface area contributed by atoms with E-state index in [0.717, 1.165) is 0 Å². The van der Waals surface area contributed by atoms with E-state index < -0.39 is 0 Å². The molecule has 0 N–H and O–H groups in total. The summed E-state index contributed by atoms with van der Waals surface area (Å²) < 4.78 is 13.4. The lowest BCUT2D eigenvalue weighted by atomic mass is 10.1. The van der Waals surface area contributed by atoms with Gasteiger partial charge in [0.2, 0.25) is 5.91 Å². The molecule has 1 aromatic carbocycles. The Morgan fingerprint density at radius 2 is 2.31 bits per heavy atom. The van der Waals surface area contributed by atoms with Crippen molar-refractivity contribution in [2.24, 2.45) is 5.92 Å². The van der Waals surface area contributed by atoms with E-state index in [4.69, 9.17) is 0 Å². The minimum Gasteiger partial charge on any atom is -0.312 e. The molecule has 2 rings (SSSR count). The van der Waals surface area contributed by atoms with Crippen LogP contribution in [0.15, 0.2) is 18.2 Å². The van der Waals surface area contributed by atoms with Crippen LogP contribution in [0.1, 0.15) is 12.0 Å². The van der Waals surface area contributed by atoms with Gasteiger partial charge in [0.05, 0.1) is 0 Å². The topological polar surface area (TPSA) is 20.3 Å². The second kappa shape index (κ2) is 4.45. The Morgan fingerprint density at radius 1 is 1.56 bits per heavy atom. The zero-order valence-electron chi connectivity index (χ0n) is 9.11. The first-order valence-electron chi connectivity index (χ1n) is 5.30. The number of carbonyl (C=O) groups excluding carboxylic acids is 1. The molecule has 4 heteroatoms. The Morgan fingerprint density at radius 3 is 2.94 bits per heavy atom. The zero-order valence-corrected chi connectivity index (χ0v) is 10.0. The first-order chi connectivity index (χ1) is 7.63. The molecule has 1 fully saturated rings. The normalized spacial score (nSPS) is 20.6. The molecule has 1 saturated heterocycles. The maximum atomic E-state index is 13.4. The highest BCUT2D eigenvalue weighted by Crippen LogP contribution is 2.29. The van der Waals surface area contributed by atoms with Crippen LogP contribution in [0.25, 0.3) is 0 Å². The molecular weight excluding hydrogens is 225 g/mol. The summed E-state index contributed by atoms with van der Waals surface area (Å²) in [5.41, 5.74) is 1.23. The van der Waals surface area contributed by atoms with Gasteiger partial charge in [-0.15, -0.1) is 0 Å². The summed E-state index contributed by atoms with van der Waals surface area (Å²) in [7, 11) is 0. The maximum Gasteiger partial charge on any atom is 0.227 e. The number of nitrogens with zero attached hydrogens (tertiary/aromatic N) is 1. The van der Waals surface area contributed by atoms with Gasteiger partial charge < -0.3 is 4.90 Å². The van der Waals surface area contributed by atoms with Crippen molar-refractivity contribution in [3.05, 3.63) is 29.6 Å². The van der Waals surface area contributed by atoms with E-state index in [2.05, 4.69) is 12.6 Å². The van der Waals surface area contributed by atoms with Crippen molar-refractivity contribution in [2.75, 3.05) is 17.2 Å². The zero-order chi connectivity index (χ0) is 11.7. The lowest BCUT2D eigenvalue weighted by molar-refractivity contribution is -0.117. The number of anilines is 1. The Hall–Kier alpha value is -1.03. The van der Waals surface area contributed by atoms with Crippen LogP contribution in [0.3, 0.4) is 0 Å². The molecule has 0 bridgehead atoms. The van der Waals surface area contributed by atoms with Crippen LogP contribution in [-0.2, 0) is 4.79 Å². The molecule has 0 radical (unpaired) electrons. The molecule has 16 heavy (non-hydrogen) atoms. The average Bonchev–Trinajstić information content (AvgIpc) is 2.64. The summed E-state index contributed by atoms with van der Waals surface area (Å²) >= 11 is 4.20. The van der Waals surface area contributed by atoms with Gasteiger partial charge in [0.25, 0.3) is 0 Å². The number of rotatable bonds is 2. The second-order valence-electron chi connectivity index (χ2n) is 4.14. The molecule has 2 nitrogen and oxygen atoms in total. The van der Waals surface area contributed by atoms with E-state index in [0.29, 0.717) is 30.0 Å². The summed E-state index contributed by atoms with van der Waals surface area (Å²) in [6.07, 6.45) is 0.513. The van der Waals surface area contributed by atoms with Crippen LogP contribution < -0.4 is 4.90 Å². The molecule has 1 unspecified atom stereocenters. The molecule has 0 saturated carbocycles. The number of thiol groups is 1. The predicted molar refractivity (Wildman–Crippen MR) is 65.5 cm³/mol. The molecule has 1 heterocycles. The van der Waals surface area contributed by atoms with Gasteiger partial charge >= 0.3 is 0 Å². The predicted octanol–water partition coefficient (Wildman–Crippen LogP) is 2.42. The minimum atomic E-state index is -0.264. The molecule has 1 aliphatic heterocycles. The molecule has 1 aliphatic rings. The van der Waals surface area contributed by atoms with E-state index in [9.17, 15) is 9.18 Å². The van der Waals surface area contributed by atoms with Crippen LogP contribution in [0, 0.1) is 18.7 Å². The van der Waals surface area contributed by atoms with Gasteiger partial charge in [-0.3, -0.25) is 4.79 Å². The molecule has 0 aromatic heterocycles. The van der Waals surface area contributed by atoms with Gasteiger partial charge in [0.1, 0.15) is 5.82 Å². The standard InChI is InChI=1S/C12H14FNOS/c1-8-10(13)3-2-4-11(8)14-6-9(7-16)5-12(14)15/h2-4,9,16H,5-7H2,1H3. The third-order valence-electron chi connectivity index (χ3n) is 2.99. The molecule has 86 valence electrons. The Labute approximate surface area is 99.9 Å². The highest BCUT2D eigenvalue weighted by Gasteiger charge is 2.30. The molecule has 1 amide bonds. The summed E-state index contributed by atoms with van der Waals surface area (Å²) in [5.74, 6) is 0.766. The Bertz CT molecular complexity index is 421. The van der Waals surface area contributed by atoms with Crippen molar-refractivity contribution in [2.45, 2.75) is 13.3 Å². The lowest BCUT2D eigenvalue weighted by Crippen LogP contribution is -2.25. The van der Waals surface area contributed by atoms with Crippen molar-refractivity contribution in [1.82, 2.24) is 0 Å². The first kappa shape index (κ1) is 11.5. The molecule has 1 aromatic rings. The van der Waals surface area contributed by atoms with Gasteiger partial charge in [-0.1, -0.05) is 6.07 Å². The summed E-state index contributed by atoms with van der Waals surface area (Å²) in [6, 6.07) is 4.84. The van der Waals surface area contributed by atoms with Crippen molar-refractivity contribution in [1.29, 1.82) is 0 Å². The summed E-state index contributed by atoms with van der Waals surface area (Å²) in [5, 5.41) is 0. The lowest BCUT2D eigenvalue weighted by Gasteiger charge is -2.19. The van der Waals surface area contributed by atoms with Crippen molar-refractivity contribution >= 4 is 24.2 Å². The molecule has 1 atom stereocenters. The van der Waals surface area contributed by atoms with Crippen molar-refractivity contribution < 1.29 is 9.18 Å². The molecule has 0 spiro atoms. The third-order valence-corrected chi connectivity index (χ3v) is 3.51. The number of amides is 1. The molecular formula is C12H14FNOS. The van der Waals surface area contributed by atoms with E-state index in [1.54, 1.807) is 24.0 Å². The first-order valence-corrected chi connectivity index (χ1v) is 5.93. The highest BCUT2D eigenvalue weighted by atomic mass is 32.1. The van der Waals surface area contributed by atoms with E-state index in [1.165, 1.54) is 6.07 Å². The Balaban J connectivity index is 2.31. The fourth-order valence-electron chi connectivity index (χ4n) is 2.03. The van der Waals surface area contributed by atoms with Gasteiger partial charge in [0, 0.05) is 24.2 Å². The minimum absolute atomic E-state index is 0.0627. The number of carbonyl (C=O) groups is 1. The van der Waals surface area contributed by atoms with Crippen LogP contribution in [0.4, 0.5) is 10.1 Å². The van der Waals surface area contributed by atoms with Gasteiger partial charge in [-0.25, -0.2) is 4.39 Å². The average molecular weight is 239 g/mol. The smallest absolute Gasteiger partial charge is 0.227 e. The SMILES string of the molecule is Cc1c(F)cccc1N1CC(CS)CC1=O. The van der Waals surface area contributed by atoms with E-state index in [-0.39, 0.29) is 17.6 Å². The molecule has 0 aliphatic carbocycles. The van der Waals surface area contributed by atoms with Crippen LogP contribution in [0.5, 0.6) is 0 Å². The Kier molecular flexibility index (Phi) is 3.19. The summed E-state index contributed by atoms with van der Waals surface area (Å²) in [6.45, 7) is 2.35. The van der Waals surface area contributed by atoms with E-state index >= 15 is 0 Å². The van der Waals surface area contributed by atoms with Crippen LogP contribution in [0.2, 0.25) is 0 Å². The van der Waals surface area contributed by atoms with Crippen LogP contribution in [-0.4, -0.2) is 18.2 Å². The number of halogens is 1. The van der Waals surface area contributed by atoms with Gasteiger partial charge in [-0.05, 0) is 30.7 Å². The number of hydrogen-bond acceptors (Lipinski definition) is 2. The highest BCUT2D eigenvalue weighted by molar-refractivity contribution is 7.80. The van der Waals surface area contributed by atoms with Gasteiger partial charge in [0.15, 0.2) is 0 Å². The fraction of sp³-hybridized carbons (Fsp3) is 0.417. The van der Waals surface area contributed by atoms with Gasteiger partial charge in [-0.2, -0.15) is 12.6 Å². The second-order valence-corrected chi connectivity index (χ2v) is 4.51. The van der Waals surface area contributed by atoms with Crippen molar-refractivity contribution in [3.63, 3.8) is 0 Å². The summed E-state index contributed by atoms with van der Waals surface area (Å²) in [4.78, 5) is 13.4. The monoisotopic (exact) mass is 239 g/mol. The number of benzene rings is 1. The van der Waals surface area contributed by atoms with Crippen LogP contribution >= 0.6 is 12.6 Å². The third kappa shape index (κ3) is 1.94. The quantitative estimate of drug-likeness (QED) is 0.786. The fourth-order valence-corrected chi connectivity index (χ4v) is 2.27. The largest absolute Gasteiger partial charge is 0.312 e. The maximum absolute atomic E-state index is 13.4.